The molecule has 0 saturated carbocycles. The molecule has 0 saturated heterocycles. The summed E-state index contributed by atoms with van der Waals surface area (Å²) in [4.78, 5) is 36.7. The number of thiazole rings is 1. The molecule has 5 rings (SSSR count). The summed E-state index contributed by atoms with van der Waals surface area (Å²) in [7, 11) is 1.33. The van der Waals surface area contributed by atoms with Gasteiger partial charge in [-0.25, -0.2) is 14.8 Å². The molecule has 2 aromatic heterocycles. The molecule has 1 N–H and O–H groups in total. The molecule has 1 amide bonds. The fourth-order valence-corrected chi connectivity index (χ4v) is 5.59. The average Bonchev–Trinajstić information content (AvgIpc) is 3.26. The Labute approximate surface area is 208 Å². The number of para-hydroxylation sites is 1. The maximum atomic E-state index is 13.3. The van der Waals surface area contributed by atoms with Crippen molar-refractivity contribution in [2.75, 3.05) is 23.9 Å². The van der Waals surface area contributed by atoms with E-state index in [0.29, 0.717) is 27.5 Å². The zero-order valence-corrected chi connectivity index (χ0v) is 20.9. The van der Waals surface area contributed by atoms with Gasteiger partial charge in [-0.15, -0.1) is 0 Å². The third-order valence-electron chi connectivity index (χ3n) is 5.97. The molecule has 1 aliphatic rings. The lowest BCUT2D eigenvalue weighted by Crippen LogP contribution is -2.36. The van der Waals surface area contributed by atoms with Crippen molar-refractivity contribution in [3.05, 3.63) is 81.5 Å². The molecule has 0 spiro atoms. The van der Waals surface area contributed by atoms with Crippen molar-refractivity contribution in [3.8, 4) is 0 Å². The topological polar surface area (TPSA) is 84.4 Å². The number of methoxy groups -OCH3 is 1. The summed E-state index contributed by atoms with van der Waals surface area (Å²) in [5.41, 5.74) is 3.78. The van der Waals surface area contributed by atoms with Crippen LogP contribution in [-0.4, -0.2) is 35.5 Å². The molecule has 7 nitrogen and oxygen atoms in total. The van der Waals surface area contributed by atoms with Gasteiger partial charge in [-0.2, -0.15) is 0 Å². The lowest BCUT2D eigenvalue weighted by molar-refractivity contribution is 0.0593. The summed E-state index contributed by atoms with van der Waals surface area (Å²) < 4.78 is 6.46. The summed E-state index contributed by atoms with van der Waals surface area (Å²) >= 11 is 4.82. The van der Waals surface area contributed by atoms with Crippen LogP contribution in [0.25, 0.3) is 10.2 Å². The number of carbonyl (C=O) groups is 2. The van der Waals surface area contributed by atoms with Crippen molar-refractivity contribution in [2.45, 2.75) is 19.4 Å². The minimum Gasteiger partial charge on any atom is -0.464 e. The molecule has 1 unspecified atom stereocenters. The van der Waals surface area contributed by atoms with E-state index in [1.807, 2.05) is 49.4 Å². The lowest BCUT2D eigenvalue weighted by Gasteiger charge is -2.37. The number of nitrogens with one attached hydrogen (secondary N) is 1. The van der Waals surface area contributed by atoms with E-state index >= 15 is 0 Å². The molecule has 4 aromatic rings. The van der Waals surface area contributed by atoms with Crippen LogP contribution in [0.2, 0.25) is 0 Å². The number of rotatable bonds is 4. The number of esters is 1. The molecule has 0 fully saturated rings. The zero-order valence-electron chi connectivity index (χ0n) is 18.5. The van der Waals surface area contributed by atoms with E-state index in [-0.39, 0.29) is 17.6 Å². The molecule has 0 bridgehead atoms. The number of halogens is 1. The van der Waals surface area contributed by atoms with E-state index in [9.17, 15) is 9.59 Å². The monoisotopic (exact) mass is 536 g/mol. The highest BCUT2D eigenvalue weighted by Crippen LogP contribution is 2.36. The van der Waals surface area contributed by atoms with Gasteiger partial charge in [0.25, 0.3) is 5.91 Å². The van der Waals surface area contributed by atoms with Crippen molar-refractivity contribution >= 4 is 60.3 Å². The Kier molecular flexibility index (Phi) is 6.05. The third-order valence-corrected chi connectivity index (χ3v) is 7.56. The summed E-state index contributed by atoms with van der Waals surface area (Å²) in [5, 5.41) is 3.55. The van der Waals surface area contributed by atoms with Gasteiger partial charge in [0.1, 0.15) is 5.82 Å². The molecular formula is C25H21BrN4O3S. The van der Waals surface area contributed by atoms with Gasteiger partial charge in [0.15, 0.2) is 10.8 Å². The Morgan fingerprint density at radius 3 is 2.74 bits per heavy atom. The number of pyridine rings is 1. The maximum absolute atomic E-state index is 13.3. The quantitative estimate of drug-likeness (QED) is 0.341. The Morgan fingerprint density at radius 2 is 1.94 bits per heavy atom. The van der Waals surface area contributed by atoms with Gasteiger partial charge in [0, 0.05) is 12.1 Å². The maximum Gasteiger partial charge on any atom is 0.357 e. The number of fused-ring (bicyclic) bond motifs is 2. The van der Waals surface area contributed by atoms with Crippen LogP contribution in [-0.2, 0) is 11.2 Å². The van der Waals surface area contributed by atoms with Crippen LogP contribution in [0.4, 0.5) is 10.9 Å². The molecule has 1 aliphatic heterocycles. The highest BCUT2D eigenvalue weighted by Gasteiger charge is 2.30. The standard InChI is InChI=1S/C25H21BrN4O3S/c1-14-21-15(12-13-30(14)20-11-10-17(26)22(28-20)24(32)33-2)6-5-7-16(21)23(31)29-25-27-18-8-3-4-9-19(18)34-25/h3-11,14H,12-13H2,1-2H3,(H,27,29,31). The predicted molar refractivity (Wildman–Crippen MR) is 137 cm³/mol. The van der Waals surface area contributed by atoms with Crippen molar-refractivity contribution in [1.29, 1.82) is 0 Å². The minimum absolute atomic E-state index is 0.125. The number of carbonyl (C=O) groups excluding carboxylic acids is 2. The molecule has 9 heteroatoms. The van der Waals surface area contributed by atoms with Crippen LogP contribution < -0.4 is 10.2 Å². The summed E-state index contributed by atoms with van der Waals surface area (Å²) in [6.07, 6.45) is 0.757. The van der Waals surface area contributed by atoms with Gasteiger partial charge in [-0.05, 0) is 70.7 Å². The summed E-state index contributed by atoms with van der Waals surface area (Å²) in [6.45, 7) is 2.76. The Bertz CT molecular complexity index is 1390. The van der Waals surface area contributed by atoms with Crippen molar-refractivity contribution in [2.24, 2.45) is 0 Å². The SMILES string of the molecule is COC(=O)c1nc(N2CCc3cccc(C(=O)Nc4nc5ccccc5s4)c3C2C)ccc1Br. The van der Waals surface area contributed by atoms with Gasteiger partial charge in [-0.3, -0.25) is 10.1 Å². The molecule has 172 valence electrons. The number of anilines is 2. The van der Waals surface area contributed by atoms with E-state index in [1.54, 1.807) is 6.07 Å². The van der Waals surface area contributed by atoms with Gasteiger partial charge >= 0.3 is 5.97 Å². The Balaban J connectivity index is 1.47. The van der Waals surface area contributed by atoms with E-state index in [0.717, 1.165) is 27.8 Å². The van der Waals surface area contributed by atoms with Crippen molar-refractivity contribution in [1.82, 2.24) is 9.97 Å². The smallest absolute Gasteiger partial charge is 0.357 e. The predicted octanol–water partition coefficient (Wildman–Crippen LogP) is 5.62. The first-order valence-corrected chi connectivity index (χ1v) is 12.4. The number of hydrogen-bond acceptors (Lipinski definition) is 7. The molecule has 34 heavy (non-hydrogen) atoms. The molecule has 3 heterocycles. The van der Waals surface area contributed by atoms with Gasteiger partial charge in [-0.1, -0.05) is 35.6 Å². The number of nitrogens with zero attached hydrogens (tertiary/aromatic N) is 3. The van der Waals surface area contributed by atoms with Crippen LogP contribution >= 0.6 is 27.3 Å². The Hall–Kier alpha value is -3.30. The normalized spacial score (nSPS) is 15.1. The van der Waals surface area contributed by atoms with Crippen LogP contribution in [0.3, 0.4) is 0 Å². The van der Waals surface area contributed by atoms with Crippen LogP contribution in [0.15, 0.2) is 59.1 Å². The zero-order chi connectivity index (χ0) is 23.8. The summed E-state index contributed by atoms with van der Waals surface area (Å²) in [6, 6.07) is 17.2. The molecule has 0 aliphatic carbocycles. The first-order chi connectivity index (χ1) is 16.5. The van der Waals surface area contributed by atoms with Crippen LogP contribution in [0, 0.1) is 0 Å². The van der Waals surface area contributed by atoms with Gasteiger partial charge in [0.05, 0.1) is 27.8 Å². The average molecular weight is 537 g/mol. The van der Waals surface area contributed by atoms with E-state index in [1.165, 1.54) is 18.4 Å². The molecule has 0 radical (unpaired) electrons. The first kappa shape index (κ1) is 22.5. The second-order valence-corrected chi connectivity index (χ2v) is 9.82. The number of aromatic nitrogens is 2. The highest BCUT2D eigenvalue weighted by atomic mass is 79.9. The highest BCUT2D eigenvalue weighted by molar-refractivity contribution is 9.10. The molecular weight excluding hydrogens is 516 g/mol. The lowest BCUT2D eigenvalue weighted by atomic mass is 9.89. The van der Waals surface area contributed by atoms with E-state index in [2.05, 4.69) is 42.2 Å². The largest absolute Gasteiger partial charge is 0.464 e. The molecule has 2 aromatic carbocycles. The fraction of sp³-hybridized carbons (Fsp3) is 0.200. The van der Waals surface area contributed by atoms with E-state index < -0.39 is 5.97 Å². The van der Waals surface area contributed by atoms with Crippen molar-refractivity contribution in [3.63, 3.8) is 0 Å². The summed E-state index contributed by atoms with van der Waals surface area (Å²) in [5.74, 6) is -0.0403. The van der Waals surface area contributed by atoms with Gasteiger partial charge in [0.2, 0.25) is 0 Å². The van der Waals surface area contributed by atoms with Gasteiger partial charge < -0.3 is 9.64 Å². The molecule has 1 atom stereocenters. The van der Waals surface area contributed by atoms with Crippen LogP contribution in [0.1, 0.15) is 44.9 Å². The second-order valence-electron chi connectivity index (χ2n) is 7.93. The van der Waals surface area contributed by atoms with Crippen molar-refractivity contribution < 1.29 is 14.3 Å². The van der Waals surface area contributed by atoms with E-state index in [4.69, 9.17) is 4.74 Å². The number of amides is 1. The minimum atomic E-state index is -0.505. The number of ether oxygens (including phenoxy) is 1. The Morgan fingerprint density at radius 1 is 1.12 bits per heavy atom. The number of hydrogen-bond donors (Lipinski definition) is 1. The third kappa shape index (κ3) is 4.05. The first-order valence-electron chi connectivity index (χ1n) is 10.8. The fourth-order valence-electron chi connectivity index (χ4n) is 4.35. The second kappa shape index (κ2) is 9.15. The van der Waals surface area contributed by atoms with Crippen LogP contribution in [0.5, 0.6) is 0 Å². The number of benzene rings is 2.